The molecule has 4 aromatic carbocycles. The number of nitrogens with zero attached hydrogens (tertiary/aromatic N) is 2. The largest absolute Gasteiger partial charge is 0.352 e. The lowest BCUT2D eigenvalue weighted by molar-refractivity contribution is -0.140. The third-order valence-electron chi connectivity index (χ3n) is 7.86. The van der Waals surface area contributed by atoms with Gasteiger partial charge in [-0.1, -0.05) is 102 Å². The summed E-state index contributed by atoms with van der Waals surface area (Å²) in [4.78, 5) is 30.1. The predicted octanol–water partition coefficient (Wildman–Crippen LogP) is 7.36. The number of amides is 2. The van der Waals surface area contributed by atoms with E-state index >= 15 is 0 Å². The van der Waals surface area contributed by atoms with Crippen molar-refractivity contribution in [2.24, 2.45) is 0 Å². The van der Waals surface area contributed by atoms with E-state index < -0.39 is 28.5 Å². The van der Waals surface area contributed by atoms with Crippen LogP contribution in [0.15, 0.2) is 102 Å². The SMILES string of the molecule is CC[C@H](C)NC(=O)[C@H](Cc1ccccc1)N(Cc1ccc(Cl)cc1Cl)C(=O)CN(c1ccc(C)cc1C)S(=O)(=O)c1ccccc1. The maximum absolute atomic E-state index is 14.6. The van der Waals surface area contributed by atoms with Crippen LogP contribution in [0.4, 0.5) is 5.69 Å². The van der Waals surface area contributed by atoms with E-state index in [1.54, 1.807) is 42.5 Å². The van der Waals surface area contributed by atoms with E-state index in [0.29, 0.717) is 33.3 Å². The summed E-state index contributed by atoms with van der Waals surface area (Å²) in [6, 6.07) is 26.6. The van der Waals surface area contributed by atoms with Gasteiger partial charge >= 0.3 is 0 Å². The zero-order valence-corrected chi connectivity index (χ0v) is 28.7. The Morgan fingerprint density at radius 1 is 0.870 bits per heavy atom. The van der Waals surface area contributed by atoms with Crippen molar-refractivity contribution in [2.75, 3.05) is 10.8 Å². The third kappa shape index (κ3) is 8.69. The number of halogens is 2. The second kappa shape index (κ2) is 15.6. The Labute approximate surface area is 282 Å². The van der Waals surface area contributed by atoms with Crippen molar-refractivity contribution in [3.8, 4) is 0 Å². The fourth-order valence-corrected chi connectivity index (χ4v) is 7.11. The van der Waals surface area contributed by atoms with Gasteiger partial charge in [-0.3, -0.25) is 13.9 Å². The maximum Gasteiger partial charge on any atom is 0.264 e. The van der Waals surface area contributed by atoms with Crippen LogP contribution in [-0.4, -0.2) is 43.8 Å². The molecule has 2 amide bonds. The van der Waals surface area contributed by atoms with Crippen molar-refractivity contribution in [1.82, 2.24) is 10.2 Å². The van der Waals surface area contributed by atoms with Gasteiger partial charge in [0.25, 0.3) is 10.0 Å². The summed E-state index contributed by atoms with van der Waals surface area (Å²) in [5.41, 5.74) is 3.42. The molecule has 2 atom stereocenters. The zero-order chi connectivity index (χ0) is 33.4. The number of carbonyl (C=O) groups excluding carboxylic acids is 2. The molecule has 0 heterocycles. The van der Waals surface area contributed by atoms with Crippen molar-refractivity contribution in [1.29, 1.82) is 0 Å². The summed E-state index contributed by atoms with van der Waals surface area (Å²) in [5.74, 6) is -0.911. The fraction of sp³-hybridized carbons (Fsp3) is 0.278. The van der Waals surface area contributed by atoms with Crippen molar-refractivity contribution < 1.29 is 18.0 Å². The number of rotatable bonds is 13. The molecule has 10 heteroatoms. The number of hydrogen-bond donors (Lipinski definition) is 1. The smallest absolute Gasteiger partial charge is 0.264 e. The first kappa shape index (κ1) is 35.0. The molecule has 0 aliphatic rings. The molecule has 4 rings (SSSR count). The molecular weight excluding hydrogens is 641 g/mol. The van der Waals surface area contributed by atoms with Crippen LogP contribution < -0.4 is 9.62 Å². The van der Waals surface area contributed by atoms with E-state index in [9.17, 15) is 18.0 Å². The molecule has 0 saturated carbocycles. The Balaban J connectivity index is 1.85. The van der Waals surface area contributed by atoms with Crippen molar-refractivity contribution in [3.63, 3.8) is 0 Å². The van der Waals surface area contributed by atoms with E-state index in [0.717, 1.165) is 15.4 Å². The second-order valence-electron chi connectivity index (χ2n) is 11.4. The summed E-state index contributed by atoms with van der Waals surface area (Å²) >= 11 is 12.8. The van der Waals surface area contributed by atoms with Crippen LogP contribution in [0.2, 0.25) is 10.0 Å². The Morgan fingerprint density at radius 3 is 2.13 bits per heavy atom. The van der Waals surface area contributed by atoms with Gasteiger partial charge in [0, 0.05) is 29.1 Å². The highest BCUT2D eigenvalue weighted by Gasteiger charge is 2.35. The minimum Gasteiger partial charge on any atom is -0.352 e. The van der Waals surface area contributed by atoms with Crippen LogP contribution in [0.1, 0.15) is 42.5 Å². The van der Waals surface area contributed by atoms with E-state index in [1.807, 2.05) is 70.2 Å². The lowest BCUT2D eigenvalue weighted by Crippen LogP contribution is -2.54. The van der Waals surface area contributed by atoms with Gasteiger partial charge in [0.2, 0.25) is 11.8 Å². The second-order valence-corrected chi connectivity index (χ2v) is 14.1. The molecule has 7 nitrogen and oxygen atoms in total. The summed E-state index contributed by atoms with van der Waals surface area (Å²) < 4.78 is 29.5. The Morgan fingerprint density at radius 2 is 1.52 bits per heavy atom. The monoisotopic (exact) mass is 679 g/mol. The van der Waals surface area contributed by atoms with Crippen LogP contribution in [0.25, 0.3) is 0 Å². The Bertz CT molecular complexity index is 1770. The van der Waals surface area contributed by atoms with Crippen LogP contribution in [0.3, 0.4) is 0 Å². The van der Waals surface area contributed by atoms with Crippen molar-refractivity contribution in [2.45, 2.75) is 64.1 Å². The number of benzene rings is 4. The molecule has 46 heavy (non-hydrogen) atoms. The first-order valence-corrected chi connectivity index (χ1v) is 17.3. The van der Waals surface area contributed by atoms with E-state index in [4.69, 9.17) is 23.2 Å². The molecule has 0 aliphatic carbocycles. The van der Waals surface area contributed by atoms with Gasteiger partial charge in [-0.2, -0.15) is 0 Å². The molecule has 4 aromatic rings. The van der Waals surface area contributed by atoms with Crippen LogP contribution >= 0.6 is 23.2 Å². The average molecular weight is 681 g/mol. The van der Waals surface area contributed by atoms with Gasteiger partial charge in [0.05, 0.1) is 10.6 Å². The molecule has 0 spiro atoms. The molecule has 0 aliphatic heterocycles. The van der Waals surface area contributed by atoms with Crippen LogP contribution in [-0.2, 0) is 32.6 Å². The minimum atomic E-state index is -4.19. The lowest BCUT2D eigenvalue weighted by atomic mass is 10.0. The number of anilines is 1. The Hall–Kier alpha value is -3.85. The number of hydrogen-bond acceptors (Lipinski definition) is 4. The molecule has 0 fully saturated rings. The van der Waals surface area contributed by atoms with Gasteiger partial charge in [-0.05, 0) is 74.2 Å². The molecular formula is C36H39Cl2N3O4S. The molecule has 0 radical (unpaired) electrons. The van der Waals surface area contributed by atoms with Gasteiger partial charge in [-0.15, -0.1) is 0 Å². The molecule has 1 N–H and O–H groups in total. The number of aryl methyl sites for hydroxylation is 2. The summed E-state index contributed by atoms with van der Waals surface area (Å²) in [6.07, 6.45) is 0.894. The molecule has 0 aromatic heterocycles. The topological polar surface area (TPSA) is 86.8 Å². The molecule has 242 valence electrons. The standard InChI is InChI=1S/C36H39Cl2N3O4S/c1-5-27(4)39-36(43)34(21-28-12-8-6-9-13-28)40(23-29-17-18-30(37)22-32(29)38)35(42)24-41(33-19-16-25(2)20-26(33)3)46(44,45)31-14-10-7-11-15-31/h6-20,22,27,34H,5,21,23-24H2,1-4H3,(H,39,43)/t27-,34-/m0/s1. The van der Waals surface area contributed by atoms with Crippen molar-refractivity contribution in [3.05, 3.63) is 129 Å². The molecule has 0 bridgehead atoms. The zero-order valence-electron chi connectivity index (χ0n) is 26.4. The highest BCUT2D eigenvalue weighted by atomic mass is 35.5. The highest BCUT2D eigenvalue weighted by Crippen LogP contribution is 2.29. The number of carbonyl (C=O) groups is 2. The first-order chi connectivity index (χ1) is 21.9. The maximum atomic E-state index is 14.6. The van der Waals surface area contributed by atoms with Crippen LogP contribution in [0.5, 0.6) is 0 Å². The highest BCUT2D eigenvalue weighted by molar-refractivity contribution is 7.92. The van der Waals surface area contributed by atoms with Gasteiger partial charge in [0.15, 0.2) is 0 Å². The van der Waals surface area contributed by atoms with E-state index in [2.05, 4.69) is 5.32 Å². The quantitative estimate of drug-likeness (QED) is 0.160. The molecule has 0 saturated heterocycles. The summed E-state index contributed by atoms with van der Waals surface area (Å²) in [7, 11) is -4.19. The van der Waals surface area contributed by atoms with Gasteiger partial charge in [0.1, 0.15) is 12.6 Å². The van der Waals surface area contributed by atoms with Crippen LogP contribution in [0, 0.1) is 13.8 Å². The normalized spacial score (nSPS) is 12.7. The number of sulfonamides is 1. The Kier molecular flexibility index (Phi) is 11.9. The third-order valence-corrected chi connectivity index (χ3v) is 10.2. The van der Waals surface area contributed by atoms with E-state index in [1.165, 1.54) is 17.0 Å². The van der Waals surface area contributed by atoms with Gasteiger partial charge < -0.3 is 10.2 Å². The van der Waals surface area contributed by atoms with Gasteiger partial charge in [-0.25, -0.2) is 8.42 Å². The first-order valence-electron chi connectivity index (χ1n) is 15.1. The predicted molar refractivity (Wildman–Crippen MR) is 186 cm³/mol. The summed E-state index contributed by atoms with van der Waals surface area (Å²) in [5, 5.41) is 3.79. The average Bonchev–Trinajstić information content (AvgIpc) is 3.03. The lowest BCUT2D eigenvalue weighted by Gasteiger charge is -2.35. The summed E-state index contributed by atoms with van der Waals surface area (Å²) in [6.45, 7) is 6.99. The van der Waals surface area contributed by atoms with Crippen molar-refractivity contribution >= 4 is 50.7 Å². The number of nitrogens with one attached hydrogen (secondary N) is 1. The van der Waals surface area contributed by atoms with E-state index in [-0.39, 0.29) is 29.8 Å². The fourth-order valence-electron chi connectivity index (χ4n) is 5.15. The minimum absolute atomic E-state index is 0.0467. The molecule has 0 unspecified atom stereocenters.